The molecule has 0 amide bonds. The third kappa shape index (κ3) is 5.49. The molecule has 1 aromatic rings. The summed E-state index contributed by atoms with van der Waals surface area (Å²) >= 11 is 0. The van der Waals surface area contributed by atoms with E-state index in [0.29, 0.717) is 23.6 Å². The third-order valence-corrected chi connectivity index (χ3v) is 3.39. The van der Waals surface area contributed by atoms with Crippen molar-refractivity contribution in [2.75, 3.05) is 13.7 Å². The number of hydrogen-bond donors (Lipinski definition) is 1. The van der Waals surface area contributed by atoms with Crippen LogP contribution in [0.4, 0.5) is 4.39 Å². The van der Waals surface area contributed by atoms with Gasteiger partial charge in [-0.2, -0.15) is 0 Å². The second-order valence-electron chi connectivity index (χ2n) is 6.20. The summed E-state index contributed by atoms with van der Waals surface area (Å²) < 4.78 is 19.3. The Bertz CT molecular complexity index is 404. The molecule has 2 nitrogen and oxygen atoms in total. The highest BCUT2D eigenvalue weighted by Gasteiger charge is 2.16. The third-order valence-electron chi connectivity index (χ3n) is 3.39. The van der Waals surface area contributed by atoms with Crippen molar-refractivity contribution in [2.45, 2.75) is 46.6 Å². The van der Waals surface area contributed by atoms with Crippen molar-refractivity contribution >= 4 is 0 Å². The van der Waals surface area contributed by atoms with Crippen LogP contribution in [0.1, 0.15) is 39.7 Å². The Balaban J connectivity index is 2.77. The molecule has 114 valence electrons. The predicted octanol–water partition coefficient (Wildman–Crippen LogP) is 4.04. The standard InChI is InChI=1S/C17H28FNO/c1-12(2)9-14(11-19-13(3)4)10-15-7-6-8-16(20-5)17(15)18/h6-8,12-14,19H,9-11H2,1-5H3. The summed E-state index contributed by atoms with van der Waals surface area (Å²) in [5.74, 6) is 1.18. The van der Waals surface area contributed by atoms with Gasteiger partial charge in [0.25, 0.3) is 0 Å². The molecule has 1 N–H and O–H groups in total. The summed E-state index contributed by atoms with van der Waals surface area (Å²) in [6.45, 7) is 9.62. The van der Waals surface area contributed by atoms with Crippen molar-refractivity contribution in [3.8, 4) is 5.75 Å². The highest BCUT2D eigenvalue weighted by molar-refractivity contribution is 5.31. The summed E-state index contributed by atoms with van der Waals surface area (Å²) in [5, 5.41) is 3.47. The predicted molar refractivity (Wildman–Crippen MR) is 82.7 cm³/mol. The number of methoxy groups -OCH3 is 1. The molecule has 0 aliphatic carbocycles. The zero-order valence-corrected chi connectivity index (χ0v) is 13.4. The molecule has 0 bridgehead atoms. The van der Waals surface area contributed by atoms with Crippen molar-refractivity contribution in [3.05, 3.63) is 29.6 Å². The average Bonchev–Trinajstić information content (AvgIpc) is 2.37. The molecule has 0 radical (unpaired) electrons. The van der Waals surface area contributed by atoms with Crippen LogP contribution in [0.25, 0.3) is 0 Å². The van der Waals surface area contributed by atoms with Gasteiger partial charge in [-0.15, -0.1) is 0 Å². The molecular formula is C17H28FNO. The zero-order valence-electron chi connectivity index (χ0n) is 13.4. The molecule has 0 aliphatic heterocycles. The first-order valence-electron chi connectivity index (χ1n) is 7.48. The van der Waals surface area contributed by atoms with Crippen molar-refractivity contribution in [1.29, 1.82) is 0 Å². The lowest BCUT2D eigenvalue weighted by Gasteiger charge is -2.21. The van der Waals surface area contributed by atoms with Gasteiger partial charge >= 0.3 is 0 Å². The van der Waals surface area contributed by atoms with Crippen LogP contribution < -0.4 is 10.1 Å². The van der Waals surface area contributed by atoms with E-state index in [1.54, 1.807) is 6.07 Å². The first-order valence-corrected chi connectivity index (χ1v) is 7.48. The average molecular weight is 281 g/mol. The fourth-order valence-corrected chi connectivity index (χ4v) is 2.49. The maximum absolute atomic E-state index is 14.2. The fourth-order valence-electron chi connectivity index (χ4n) is 2.49. The summed E-state index contributed by atoms with van der Waals surface area (Å²) in [7, 11) is 1.51. The van der Waals surface area contributed by atoms with E-state index in [4.69, 9.17) is 4.74 Å². The zero-order chi connectivity index (χ0) is 15.1. The van der Waals surface area contributed by atoms with E-state index in [2.05, 4.69) is 33.0 Å². The van der Waals surface area contributed by atoms with Gasteiger partial charge in [-0.25, -0.2) is 4.39 Å². The summed E-state index contributed by atoms with van der Waals surface area (Å²) in [5.41, 5.74) is 0.751. The van der Waals surface area contributed by atoms with Gasteiger partial charge in [0.05, 0.1) is 7.11 Å². The normalized spacial score (nSPS) is 13.0. The Morgan fingerprint density at radius 1 is 1.20 bits per heavy atom. The SMILES string of the molecule is COc1cccc(CC(CNC(C)C)CC(C)C)c1F. The molecule has 1 rings (SSSR count). The molecule has 1 atom stereocenters. The lowest BCUT2D eigenvalue weighted by atomic mass is 9.90. The van der Waals surface area contributed by atoms with E-state index in [-0.39, 0.29) is 5.82 Å². The first-order chi connectivity index (χ1) is 9.43. The number of hydrogen-bond acceptors (Lipinski definition) is 2. The molecule has 0 spiro atoms. The van der Waals surface area contributed by atoms with E-state index in [1.807, 2.05) is 12.1 Å². The molecule has 0 heterocycles. The number of benzene rings is 1. The minimum absolute atomic E-state index is 0.215. The van der Waals surface area contributed by atoms with Crippen LogP contribution in [0.2, 0.25) is 0 Å². The van der Waals surface area contributed by atoms with Gasteiger partial charge in [0.15, 0.2) is 11.6 Å². The van der Waals surface area contributed by atoms with Crippen molar-refractivity contribution in [3.63, 3.8) is 0 Å². The molecule has 0 saturated carbocycles. The van der Waals surface area contributed by atoms with E-state index in [0.717, 1.165) is 24.9 Å². The van der Waals surface area contributed by atoms with Crippen LogP contribution in [0.5, 0.6) is 5.75 Å². The molecule has 3 heteroatoms. The molecule has 0 fully saturated rings. The van der Waals surface area contributed by atoms with E-state index >= 15 is 0 Å². The Morgan fingerprint density at radius 3 is 2.45 bits per heavy atom. The van der Waals surface area contributed by atoms with Crippen molar-refractivity contribution in [2.24, 2.45) is 11.8 Å². The van der Waals surface area contributed by atoms with Gasteiger partial charge in [0, 0.05) is 6.04 Å². The minimum Gasteiger partial charge on any atom is -0.494 e. The smallest absolute Gasteiger partial charge is 0.168 e. The lowest BCUT2D eigenvalue weighted by molar-refractivity contribution is 0.360. The van der Waals surface area contributed by atoms with Crippen LogP contribution in [0.15, 0.2) is 18.2 Å². The maximum Gasteiger partial charge on any atom is 0.168 e. The molecule has 20 heavy (non-hydrogen) atoms. The highest BCUT2D eigenvalue weighted by atomic mass is 19.1. The van der Waals surface area contributed by atoms with Gasteiger partial charge in [0.1, 0.15) is 0 Å². The number of rotatable bonds is 8. The largest absolute Gasteiger partial charge is 0.494 e. The Kier molecular flexibility index (Phi) is 7.00. The van der Waals surface area contributed by atoms with E-state index < -0.39 is 0 Å². The second kappa shape index (κ2) is 8.25. The molecule has 0 saturated heterocycles. The maximum atomic E-state index is 14.2. The quantitative estimate of drug-likeness (QED) is 0.776. The van der Waals surface area contributed by atoms with Gasteiger partial charge < -0.3 is 10.1 Å². The molecule has 1 aromatic carbocycles. The lowest BCUT2D eigenvalue weighted by Crippen LogP contribution is -2.30. The Morgan fingerprint density at radius 2 is 1.90 bits per heavy atom. The van der Waals surface area contributed by atoms with Gasteiger partial charge in [0.2, 0.25) is 0 Å². The van der Waals surface area contributed by atoms with Crippen LogP contribution in [0.3, 0.4) is 0 Å². The van der Waals surface area contributed by atoms with Gasteiger partial charge in [-0.3, -0.25) is 0 Å². The molecule has 1 unspecified atom stereocenters. The van der Waals surface area contributed by atoms with E-state index in [9.17, 15) is 4.39 Å². The Labute approximate surface area is 122 Å². The first kappa shape index (κ1) is 17.0. The monoisotopic (exact) mass is 281 g/mol. The van der Waals surface area contributed by atoms with Crippen LogP contribution >= 0.6 is 0 Å². The molecular weight excluding hydrogens is 253 g/mol. The topological polar surface area (TPSA) is 21.3 Å². The molecule has 0 aromatic heterocycles. The fraction of sp³-hybridized carbons (Fsp3) is 0.647. The van der Waals surface area contributed by atoms with Gasteiger partial charge in [-0.05, 0) is 42.9 Å². The van der Waals surface area contributed by atoms with Crippen molar-refractivity contribution in [1.82, 2.24) is 5.32 Å². The van der Waals surface area contributed by atoms with Crippen LogP contribution in [-0.2, 0) is 6.42 Å². The summed E-state index contributed by atoms with van der Waals surface area (Å²) in [6.07, 6.45) is 1.84. The Hall–Kier alpha value is -1.09. The summed E-state index contributed by atoms with van der Waals surface area (Å²) in [4.78, 5) is 0. The van der Waals surface area contributed by atoms with Crippen molar-refractivity contribution < 1.29 is 9.13 Å². The van der Waals surface area contributed by atoms with Gasteiger partial charge in [-0.1, -0.05) is 39.8 Å². The minimum atomic E-state index is -0.215. The van der Waals surface area contributed by atoms with Crippen LogP contribution in [0, 0.1) is 17.7 Å². The van der Waals surface area contributed by atoms with Crippen LogP contribution in [-0.4, -0.2) is 19.7 Å². The number of nitrogens with one attached hydrogen (secondary N) is 1. The molecule has 0 aliphatic rings. The van der Waals surface area contributed by atoms with E-state index in [1.165, 1.54) is 7.11 Å². The summed E-state index contributed by atoms with van der Waals surface area (Å²) in [6, 6.07) is 5.85. The highest BCUT2D eigenvalue weighted by Crippen LogP contribution is 2.24. The number of halogens is 1. The second-order valence-corrected chi connectivity index (χ2v) is 6.20. The number of ether oxygens (including phenoxy) is 1.